The molecule has 0 unspecified atom stereocenters. The summed E-state index contributed by atoms with van der Waals surface area (Å²) in [6.45, 7) is 10.9. The van der Waals surface area contributed by atoms with Crippen LogP contribution in [0.2, 0.25) is 0 Å². The zero-order valence-corrected chi connectivity index (χ0v) is 13.8. The predicted molar refractivity (Wildman–Crippen MR) is 91.3 cm³/mol. The molecule has 118 valence electrons. The van der Waals surface area contributed by atoms with Crippen LogP contribution in [0.3, 0.4) is 0 Å². The van der Waals surface area contributed by atoms with Crippen LogP contribution in [-0.2, 0) is 0 Å². The highest BCUT2D eigenvalue weighted by molar-refractivity contribution is 5.82. The van der Waals surface area contributed by atoms with Crippen molar-refractivity contribution in [2.45, 2.75) is 40.5 Å². The molecule has 0 bridgehead atoms. The summed E-state index contributed by atoms with van der Waals surface area (Å²) in [5.74, 6) is 7.80. The molecule has 0 spiro atoms. The Morgan fingerprint density at radius 1 is 1.05 bits per heavy atom. The molecular formula is C17H30N4. The van der Waals surface area contributed by atoms with Crippen LogP contribution in [0.5, 0.6) is 0 Å². The van der Waals surface area contributed by atoms with E-state index in [4.69, 9.17) is 5.84 Å². The number of rotatable bonds is 7. The van der Waals surface area contributed by atoms with E-state index in [1.54, 1.807) is 0 Å². The van der Waals surface area contributed by atoms with Gasteiger partial charge in [-0.25, -0.2) is 10.8 Å². The molecule has 0 fully saturated rings. The van der Waals surface area contributed by atoms with E-state index in [1.165, 1.54) is 0 Å². The van der Waals surface area contributed by atoms with E-state index in [2.05, 4.69) is 43.0 Å². The zero-order chi connectivity index (χ0) is 15.7. The minimum absolute atomic E-state index is 0.669. The minimum atomic E-state index is 0.669. The normalized spacial score (nSPS) is 12.0. The monoisotopic (exact) mass is 290 g/mol. The van der Waals surface area contributed by atoms with Gasteiger partial charge in [0.25, 0.3) is 0 Å². The Hall–Kier alpha value is -1.55. The van der Waals surface area contributed by atoms with Crippen LogP contribution in [0.15, 0.2) is 35.3 Å². The van der Waals surface area contributed by atoms with Gasteiger partial charge in [-0.2, -0.15) is 0 Å². The molecule has 4 nitrogen and oxygen atoms in total. The van der Waals surface area contributed by atoms with E-state index in [0.717, 1.165) is 37.6 Å². The molecule has 0 amide bonds. The number of para-hydroxylation sites is 1. The number of nitrogens with one attached hydrogen (secondary N) is 1. The lowest BCUT2D eigenvalue weighted by atomic mass is 10.1. The summed E-state index contributed by atoms with van der Waals surface area (Å²) in [5, 5.41) is 0. The van der Waals surface area contributed by atoms with Crippen LogP contribution >= 0.6 is 0 Å². The van der Waals surface area contributed by atoms with Crippen LogP contribution < -0.4 is 11.3 Å². The van der Waals surface area contributed by atoms with Gasteiger partial charge >= 0.3 is 0 Å². The fourth-order valence-corrected chi connectivity index (χ4v) is 1.97. The summed E-state index contributed by atoms with van der Waals surface area (Å²) in [5.41, 5.74) is 3.69. The van der Waals surface area contributed by atoms with Crippen LogP contribution in [0, 0.1) is 11.8 Å². The quantitative estimate of drug-likeness (QED) is 0.349. The minimum Gasteiger partial charge on any atom is -0.342 e. The van der Waals surface area contributed by atoms with Crippen molar-refractivity contribution in [3.8, 4) is 0 Å². The Kier molecular flexibility index (Phi) is 7.83. The standard InChI is InChI=1S/C17H30N4/c1-14(2)10-12-21(13-11-15(3)4)17(20-18)19-16-8-6-5-7-9-16/h5-9,14-15H,10-13,18H2,1-4H3,(H,19,20). The smallest absolute Gasteiger partial charge is 0.213 e. The molecule has 0 aliphatic carbocycles. The SMILES string of the molecule is CC(C)CCN(CCC(C)C)C(=Nc1ccccc1)NN. The van der Waals surface area contributed by atoms with E-state index in [0.29, 0.717) is 11.8 Å². The Bertz CT molecular complexity index is 400. The first-order chi connectivity index (χ1) is 10.0. The van der Waals surface area contributed by atoms with Crippen molar-refractivity contribution in [3.05, 3.63) is 30.3 Å². The first-order valence-electron chi connectivity index (χ1n) is 7.88. The van der Waals surface area contributed by atoms with Gasteiger partial charge in [0.05, 0.1) is 5.69 Å². The average Bonchev–Trinajstić information content (AvgIpc) is 2.46. The number of hydrazine groups is 1. The number of nitrogens with two attached hydrogens (primary N) is 1. The number of benzene rings is 1. The van der Waals surface area contributed by atoms with Crippen molar-refractivity contribution in [2.75, 3.05) is 13.1 Å². The van der Waals surface area contributed by atoms with Gasteiger partial charge in [0.2, 0.25) is 5.96 Å². The van der Waals surface area contributed by atoms with E-state index in [1.807, 2.05) is 30.3 Å². The fourth-order valence-electron chi connectivity index (χ4n) is 1.97. The average molecular weight is 290 g/mol. The van der Waals surface area contributed by atoms with E-state index >= 15 is 0 Å². The predicted octanol–water partition coefficient (Wildman–Crippen LogP) is 3.53. The lowest BCUT2D eigenvalue weighted by molar-refractivity contribution is 0.345. The van der Waals surface area contributed by atoms with Crippen molar-refractivity contribution >= 4 is 11.6 Å². The van der Waals surface area contributed by atoms with Gasteiger partial charge in [-0.15, -0.1) is 0 Å². The highest BCUT2D eigenvalue weighted by atomic mass is 15.4. The van der Waals surface area contributed by atoms with Crippen LogP contribution in [0.1, 0.15) is 40.5 Å². The number of aliphatic imine (C=N–C) groups is 1. The molecule has 0 saturated carbocycles. The maximum absolute atomic E-state index is 5.71. The molecule has 0 atom stereocenters. The second-order valence-electron chi connectivity index (χ2n) is 6.27. The molecular weight excluding hydrogens is 260 g/mol. The highest BCUT2D eigenvalue weighted by Crippen LogP contribution is 2.12. The molecule has 0 aliphatic rings. The first kappa shape index (κ1) is 17.5. The van der Waals surface area contributed by atoms with Gasteiger partial charge in [0, 0.05) is 13.1 Å². The zero-order valence-electron chi connectivity index (χ0n) is 13.8. The second kappa shape index (κ2) is 9.40. The third kappa shape index (κ3) is 7.14. The van der Waals surface area contributed by atoms with Crippen molar-refractivity contribution in [1.82, 2.24) is 10.3 Å². The van der Waals surface area contributed by atoms with Crippen LogP contribution in [0.4, 0.5) is 5.69 Å². The highest BCUT2D eigenvalue weighted by Gasteiger charge is 2.12. The summed E-state index contributed by atoms with van der Waals surface area (Å²) >= 11 is 0. The number of nitrogens with zero attached hydrogens (tertiary/aromatic N) is 2. The molecule has 1 aromatic rings. The number of hydrogen-bond acceptors (Lipinski definition) is 2. The molecule has 21 heavy (non-hydrogen) atoms. The summed E-state index contributed by atoms with van der Waals surface area (Å²) in [6, 6.07) is 9.93. The van der Waals surface area contributed by atoms with Crippen LogP contribution in [0.25, 0.3) is 0 Å². The van der Waals surface area contributed by atoms with Crippen LogP contribution in [-0.4, -0.2) is 23.9 Å². The number of guanidine groups is 1. The fraction of sp³-hybridized carbons (Fsp3) is 0.588. The molecule has 1 aromatic carbocycles. The van der Waals surface area contributed by atoms with Gasteiger partial charge in [-0.3, -0.25) is 5.43 Å². The van der Waals surface area contributed by atoms with Gasteiger partial charge in [-0.1, -0.05) is 45.9 Å². The largest absolute Gasteiger partial charge is 0.342 e. The summed E-state index contributed by atoms with van der Waals surface area (Å²) in [6.07, 6.45) is 2.27. The van der Waals surface area contributed by atoms with E-state index < -0.39 is 0 Å². The summed E-state index contributed by atoms with van der Waals surface area (Å²) in [4.78, 5) is 6.90. The van der Waals surface area contributed by atoms with Gasteiger partial charge in [0.15, 0.2) is 0 Å². The Morgan fingerprint density at radius 3 is 2.00 bits per heavy atom. The Morgan fingerprint density at radius 2 is 1.57 bits per heavy atom. The molecule has 0 saturated heterocycles. The molecule has 0 radical (unpaired) electrons. The van der Waals surface area contributed by atoms with Crippen molar-refractivity contribution in [3.63, 3.8) is 0 Å². The van der Waals surface area contributed by atoms with Crippen molar-refractivity contribution < 1.29 is 0 Å². The Balaban J connectivity index is 2.82. The molecule has 3 N–H and O–H groups in total. The molecule has 0 aromatic heterocycles. The van der Waals surface area contributed by atoms with Crippen molar-refractivity contribution in [2.24, 2.45) is 22.7 Å². The van der Waals surface area contributed by atoms with Crippen molar-refractivity contribution in [1.29, 1.82) is 0 Å². The van der Waals surface area contributed by atoms with E-state index in [9.17, 15) is 0 Å². The topological polar surface area (TPSA) is 53.6 Å². The number of hydrogen-bond donors (Lipinski definition) is 2. The third-order valence-electron chi connectivity index (χ3n) is 3.37. The molecule has 0 heterocycles. The maximum Gasteiger partial charge on any atom is 0.213 e. The second-order valence-corrected chi connectivity index (χ2v) is 6.27. The molecule has 4 heteroatoms. The third-order valence-corrected chi connectivity index (χ3v) is 3.37. The molecule has 0 aliphatic heterocycles. The van der Waals surface area contributed by atoms with E-state index in [-0.39, 0.29) is 0 Å². The maximum atomic E-state index is 5.71. The summed E-state index contributed by atoms with van der Waals surface area (Å²) < 4.78 is 0. The van der Waals surface area contributed by atoms with Gasteiger partial charge in [-0.05, 0) is 36.8 Å². The lowest BCUT2D eigenvalue weighted by Gasteiger charge is -2.27. The first-order valence-corrected chi connectivity index (χ1v) is 7.88. The van der Waals surface area contributed by atoms with Gasteiger partial charge in [0.1, 0.15) is 0 Å². The summed E-state index contributed by atoms with van der Waals surface area (Å²) in [7, 11) is 0. The van der Waals surface area contributed by atoms with Gasteiger partial charge < -0.3 is 4.90 Å². The Labute approximate surface area is 129 Å². The lowest BCUT2D eigenvalue weighted by Crippen LogP contribution is -2.46. The molecule has 1 rings (SSSR count).